The predicted octanol–water partition coefficient (Wildman–Crippen LogP) is 5.86. The van der Waals surface area contributed by atoms with Crippen molar-refractivity contribution in [2.45, 2.75) is 89.1 Å². The van der Waals surface area contributed by atoms with Crippen molar-refractivity contribution in [1.82, 2.24) is 14.7 Å². The summed E-state index contributed by atoms with van der Waals surface area (Å²) in [4.78, 5) is 14.6. The SMILES string of the molecule is COC(=O)N1[C@H](C)C=C(c2c(C)cnn2C2CCCCO2)[C@@H]1COC1CCC(c2ccccc2)CC1. The third-order valence-corrected chi connectivity index (χ3v) is 8.06. The van der Waals surface area contributed by atoms with Gasteiger partial charge in [-0.25, -0.2) is 9.48 Å². The van der Waals surface area contributed by atoms with Crippen LogP contribution in [0.15, 0.2) is 42.6 Å². The van der Waals surface area contributed by atoms with Gasteiger partial charge in [0.1, 0.15) is 0 Å². The summed E-state index contributed by atoms with van der Waals surface area (Å²) in [5, 5.41) is 4.70. The molecule has 1 aromatic carbocycles. The molecule has 2 aromatic rings. The molecule has 1 unspecified atom stereocenters. The minimum Gasteiger partial charge on any atom is -0.453 e. The van der Waals surface area contributed by atoms with Crippen molar-refractivity contribution in [2.75, 3.05) is 20.3 Å². The summed E-state index contributed by atoms with van der Waals surface area (Å²) in [5.74, 6) is 0.604. The summed E-state index contributed by atoms with van der Waals surface area (Å²) in [6.07, 6.45) is 11.4. The summed E-state index contributed by atoms with van der Waals surface area (Å²) in [6.45, 7) is 5.32. The molecule has 3 atom stereocenters. The van der Waals surface area contributed by atoms with Crippen LogP contribution in [0.2, 0.25) is 0 Å². The number of aryl methyl sites for hydroxylation is 1. The first-order chi connectivity index (χ1) is 17.6. The number of rotatable bonds is 6. The molecule has 0 N–H and O–H groups in total. The molecule has 7 heteroatoms. The van der Waals surface area contributed by atoms with Crippen molar-refractivity contribution in [3.8, 4) is 0 Å². The predicted molar refractivity (Wildman–Crippen MR) is 139 cm³/mol. The monoisotopic (exact) mass is 493 g/mol. The molecule has 3 heterocycles. The number of hydrogen-bond donors (Lipinski definition) is 0. The van der Waals surface area contributed by atoms with Gasteiger partial charge in [0.2, 0.25) is 0 Å². The first kappa shape index (κ1) is 25.0. The maximum atomic E-state index is 12.8. The number of nitrogens with zero attached hydrogens (tertiary/aromatic N) is 3. The molecule has 7 nitrogen and oxygen atoms in total. The summed E-state index contributed by atoms with van der Waals surface area (Å²) in [7, 11) is 1.45. The Balaban J connectivity index is 1.32. The van der Waals surface area contributed by atoms with E-state index in [-0.39, 0.29) is 30.5 Å². The van der Waals surface area contributed by atoms with Crippen LogP contribution in [0.1, 0.15) is 80.8 Å². The summed E-state index contributed by atoms with van der Waals surface area (Å²) < 4.78 is 19.8. The average Bonchev–Trinajstić information content (AvgIpc) is 3.47. The van der Waals surface area contributed by atoms with Crippen LogP contribution in [0, 0.1) is 6.92 Å². The molecule has 0 radical (unpaired) electrons. The molecule has 3 aliphatic rings. The highest BCUT2D eigenvalue weighted by Crippen LogP contribution is 2.38. The summed E-state index contributed by atoms with van der Waals surface area (Å²) in [6, 6.07) is 10.5. The van der Waals surface area contributed by atoms with E-state index in [2.05, 4.69) is 43.3 Å². The van der Waals surface area contributed by atoms with Gasteiger partial charge in [0.25, 0.3) is 0 Å². The normalized spacial score (nSPS) is 28.7. The van der Waals surface area contributed by atoms with Crippen LogP contribution in [-0.2, 0) is 14.2 Å². The Morgan fingerprint density at radius 3 is 2.58 bits per heavy atom. The van der Waals surface area contributed by atoms with E-state index < -0.39 is 0 Å². The van der Waals surface area contributed by atoms with E-state index in [9.17, 15) is 4.79 Å². The quantitative estimate of drug-likeness (QED) is 0.505. The highest BCUT2D eigenvalue weighted by atomic mass is 16.5. The molecule has 5 rings (SSSR count). The van der Waals surface area contributed by atoms with Crippen molar-refractivity contribution in [1.29, 1.82) is 0 Å². The number of carbonyl (C=O) groups excluding carboxylic acids is 1. The smallest absolute Gasteiger partial charge is 0.410 e. The molecule has 1 saturated heterocycles. The lowest BCUT2D eigenvalue weighted by molar-refractivity contribution is -0.0402. The lowest BCUT2D eigenvalue weighted by Gasteiger charge is -2.33. The van der Waals surface area contributed by atoms with Crippen molar-refractivity contribution < 1.29 is 19.0 Å². The van der Waals surface area contributed by atoms with Crippen LogP contribution in [-0.4, -0.2) is 59.3 Å². The second-order valence-electron chi connectivity index (χ2n) is 10.4. The van der Waals surface area contributed by atoms with Gasteiger partial charge in [-0.2, -0.15) is 5.10 Å². The number of aromatic nitrogens is 2. The number of hydrogen-bond acceptors (Lipinski definition) is 5. The number of benzene rings is 1. The van der Waals surface area contributed by atoms with Crippen LogP contribution in [0.3, 0.4) is 0 Å². The molecule has 36 heavy (non-hydrogen) atoms. The molecule has 2 fully saturated rings. The number of methoxy groups -OCH3 is 1. The molecule has 1 amide bonds. The fraction of sp³-hybridized carbons (Fsp3) is 0.586. The second-order valence-corrected chi connectivity index (χ2v) is 10.4. The minimum atomic E-state index is -0.326. The van der Waals surface area contributed by atoms with Crippen LogP contribution >= 0.6 is 0 Å². The van der Waals surface area contributed by atoms with E-state index in [0.29, 0.717) is 12.5 Å². The molecule has 1 saturated carbocycles. The third kappa shape index (κ3) is 5.09. The molecular weight excluding hydrogens is 454 g/mol. The van der Waals surface area contributed by atoms with Gasteiger partial charge in [0, 0.05) is 12.2 Å². The van der Waals surface area contributed by atoms with E-state index in [1.807, 2.05) is 22.7 Å². The van der Waals surface area contributed by atoms with Crippen molar-refractivity contribution in [2.24, 2.45) is 0 Å². The minimum absolute atomic E-state index is 0.0688. The van der Waals surface area contributed by atoms with Gasteiger partial charge in [0.15, 0.2) is 6.23 Å². The van der Waals surface area contributed by atoms with Crippen molar-refractivity contribution >= 4 is 11.7 Å². The van der Waals surface area contributed by atoms with Gasteiger partial charge in [-0.05, 0) is 75.8 Å². The second kappa shape index (κ2) is 11.2. The van der Waals surface area contributed by atoms with Gasteiger partial charge in [-0.15, -0.1) is 0 Å². The fourth-order valence-corrected chi connectivity index (χ4v) is 6.15. The Kier molecular flexibility index (Phi) is 7.77. The summed E-state index contributed by atoms with van der Waals surface area (Å²) >= 11 is 0. The van der Waals surface area contributed by atoms with E-state index in [4.69, 9.17) is 19.3 Å². The molecular formula is C29H39N3O4. The van der Waals surface area contributed by atoms with E-state index in [1.54, 1.807) is 0 Å². The number of ether oxygens (including phenoxy) is 3. The van der Waals surface area contributed by atoms with Gasteiger partial charge in [-0.3, -0.25) is 4.90 Å². The molecule has 0 bridgehead atoms. The Morgan fingerprint density at radius 2 is 1.89 bits per heavy atom. The number of amides is 1. The Bertz CT molecular complexity index is 1050. The van der Waals surface area contributed by atoms with Gasteiger partial charge in [-0.1, -0.05) is 36.4 Å². The summed E-state index contributed by atoms with van der Waals surface area (Å²) in [5.41, 5.74) is 4.63. The van der Waals surface area contributed by atoms with Gasteiger partial charge in [0.05, 0.1) is 43.8 Å². The van der Waals surface area contributed by atoms with E-state index in [1.165, 1.54) is 12.7 Å². The van der Waals surface area contributed by atoms with Crippen LogP contribution in [0.4, 0.5) is 4.79 Å². The lowest BCUT2D eigenvalue weighted by atomic mass is 9.83. The largest absolute Gasteiger partial charge is 0.453 e. The zero-order chi connectivity index (χ0) is 25.1. The van der Waals surface area contributed by atoms with E-state index >= 15 is 0 Å². The Hall–Kier alpha value is -2.64. The lowest BCUT2D eigenvalue weighted by Crippen LogP contribution is -2.44. The average molecular weight is 494 g/mol. The Labute approximate surface area is 214 Å². The maximum Gasteiger partial charge on any atom is 0.410 e. The first-order valence-electron chi connectivity index (χ1n) is 13.5. The van der Waals surface area contributed by atoms with Crippen LogP contribution in [0.5, 0.6) is 0 Å². The Morgan fingerprint density at radius 1 is 1.11 bits per heavy atom. The molecule has 0 spiro atoms. The molecule has 1 aliphatic carbocycles. The highest BCUT2D eigenvalue weighted by Gasteiger charge is 2.40. The molecule has 2 aliphatic heterocycles. The standard InChI is InChI=1S/C29H39N3O4/c1-20-18-30-32(27-11-7-8-16-35-27)28(20)25-17-21(2)31(29(33)34-3)26(25)19-36-24-14-12-23(13-15-24)22-9-5-4-6-10-22/h4-6,9-10,17-18,21,23-24,26-27H,7-8,11-16,19H2,1-3H3/t21-,23?,24?,26+,27?/m1/s1. The van der Waals surface area contributed by atoms with Crippen LogP contribution in [0.25, 0.3) is 5.57 Å². The molecule has 194 valence electrons. The van der Waals surface area contributed by atoms with Crippen LogP contribution < -0.4 is 0 Å². The van der Waals surface area contributed by atoms with E-state index in [0.717, 1.165) is 68.4 Å². The third-order valence-electron chi connectivity index (χ3n) is 8.06. The van der Waals surface area contributed by atoms with Crippen molar-refractivity contribution in [3.05, 3.63) is 59.4 Å². The topological polar surface area (TPSA) is 65.8 Å². The number of carbonyl (C=O) groups is 1. The first-order valence-corrected chi connectivity index (χ1v) is 13.5. The fourth-order valence-electron chi connectivity index (χ4n) is 6.15. The maximum absolute atomic E-state index is 12.8. The van der Waals surface area contributed by atoms with Crippen molar-refractivity contribution in [3.63, 3.8) is 0 Å². The zero-order valence-electron chi connectivity index (χ0n) is 21.8. The van der Waals surface area contributed by atoms with Gasteiger partial charge >= 0.3 is 6.09 Å². The molecule has 1 aromatic heterocycles. The van der Waals surface area contributed by atoms with Gasteiger partial charge < -0.3 is 14.2 Å². The zero-order valence-corrected chi connectivity index (χ0v) is 21.8. The highest BCUT2D eigenvalue weighted by molar-refractivity contribution is 5.80.